The van der Waals surface area contributed by atoms with Crippen LogP contribution in [0.2, 0.25) is 5.02 Å². The number of hydrogen-bond donors (Lipinski definition) is 0. The van der Waals surface area contributed by atoms with E-state index in [1.807, 2.05) is 0 Å². The molecule has 21 heavy (non-hydrogen) atoms. The predicted octanol–water partition coefficient (Wildman–Crippen LogP) is 2.90. The summed E-state index contributed by atoms with van der Waals surface area (Å²) in [5.41, 5.74) is 0.803. The molecule has 1 aromatic rings. The van der Waals surface area contributed by atoms with Gasteiger partial charge in [0.25, 0.3) is 10.1 Å². The first kappa shape index (κ1) is 16.7. The van der Waals surface area contributed by atoms with Crippen molar-refractivity contribution in [3.05, 3.63) is 34.9 Å². The molecule has 1 heterocycles. The Kier molecular flexibility index (Phi) is 6.01. The molecule has 1 aliphatic heterocycles. The SMILES string of the molecule is CS(=O)(=O)OCC(OC1CCCCO1)c1ccc(Cl)cc1. The van der Waals surface area contributed by atoms with Gasteiger partial charge in [-0.25, -0.2) is 0 Å². The second-order valence-electron chi connectivity index (χ2n) is 4.96. The van der Waals surface area contributed by atoms with Crippen molar-refractivity contribution in [2.75, 3.05) is 19.5 Å². The van der Waals surface area contributed by atoms with Crippen molar-refractivity contribution < 1.29 is 22.1 Å². The van der Waals surface area contributed by atoms with Crippen molar-refractivity contribution in [1.82, 2.24) is 0 Å². The molecule has 1 saturated heterocycles. The van der Waals surface area contributed by atoms with Crippen molar-refractivity contribution in [3.8, 4) is 0 Å². The van der Waals surface area contributed by atoms with Gasteiger partial charge in [0.15, 0.2) is 6.29 Å². The maximum Gasteiger partial charge on any atom is 0.264 e. The summed E-state index contributed by atoms with van der Waals surface area (Å²) in [5, 5.41) is 0.607. The highest BCUT2D eigenvalue weighted by Gasteiger charge is 2.22. The van der Waals surface area contributed by atoms with Crippen LogP contribution in [0, 0.1) is 0 Å². The van der Waals surface area contributed by atoms with Crippen molar-refractivity contribution in [3.63, 3.8) is 0 Å². The Morgan fingerprint density at radius 1 is 1.33 bits per heavy atom. The van der Waals surface area contributed by atoms with Crippen LogP contribution in [0.3, 0.4) is 0 Å². The average Bonchev–Trinajstić information content (AvgIpc) is 2.45. The summed E-state index contributed by atoms with van der Waals surface area (Å²) in [6.45, 7) is 0.575. The number of halogens is 1. The molecule has 0 radical (unpaired) electrons. The Bertz CT molecular complexity index is 537. The fourth-order valence-corrected chi connectivity index (χ4v) is 2.58. The lowest BCUT2D eigenvalue weighted by molar-refractivity contribution is -0.195. The van der Waals surface area contributed by atoms with Crippen LogP contribution in [0.25, 0.3) is 0 Å². The molecule has 0 aliphatic carbocycles. The highest BCUT2D eigenvalue weighted by atomic mass is 35.5. The Balaban J connectivity index is 2.06. The summed E-state index contributed by atoms with van der Waals surface area (Å²) < 4.78 is 38.6. The second kappa shape index (κ2) is 7.56. The van der Waals surface area contributed by atoms with Gasteiger partial charge in [0.05, 0.1) is 12.9 Å². The zero-order chi connectivity index (χ0) is 15.3. The van der Waals surface area contributed by atoms with E-state index in [4.69, 9.17) is 25.3 Å². The molecule has 118 valence electrons. The monoisotopic (exact) mass is 334 g/mol. The maximum atomic E-state index is 11.2. The van der Waals surface area contributed by atoms with Gasteiger partial charge >= 0.3 is 0 Å². The largest absolute Gasteiger partial charge is 0.353 e. The molecule has 1 aromatic carbocycles. The number of ether oxygens (including phenoxy) is 2. The third-order valence-corrected chi connectivity index (χ3v) is 3.95. The van der Waals surface area contributed by atoms with E-state index in [9.17, 15) is 8.42 Å². The highest BCUT2D eigenvalue weighted by molar-refractivity contribution is 7.85. The Labute approximate surface area is 130 Å². The van der Waals surface area contributed by atoms with Crippen molar-refractivity contribution >= 4 is 21.7 Å². The van der Waals surface area contributed by atoms with E-state index in [2.05, 4.69) is 0 Å². The van der Waals surface area contributed by atoms with Gasteiger partial charge in [-0.15, -0.1) is 0 Å². The predicted molar refractivity (Wildman–Crippen MR) is 79.7 cm³/mol. The van der Waals surface area contributed by atoms with Crippen LogP contribution in [0.5, 0.6) is 0 Å². The molecule has 2 atom stereocenters. The van der Waals surface area contributed by atoms with Crippen LogP contribution in [-0.4, -0.2) is 34.2 Å². The van der Waals surface area contributed by atoms with Gasteiger partial charge < -0.3 is 9.47 Å². The van der Waals surface area contributed by atoms with E-state index < -0.39 is 16.2 Å². The molecule has 5 nitrogen and oxygen atoms in total. The molecule has 2 unspecified atom stereocenters. The molecule has 2 rings (SSSR count). The molecule has 1 fully saturated rings. The summed E-state index contributed by atoms with van der Waals surface area (Å²) in [4.78, 5) is 0. The van der Waals surface area contributed by atoms with Crippen LogP contribution >= 0.6 is 11.6 Å². The minimum Gasteiger partial charge on any atom is -0.353 e. The van der Waals surface area contributed by atoms with Crippen molar-refractivity contribution in [2.24, 2.45) is 0 Å². The number of hydrogen-bond acceptors (Lipinski definition) is 5. The maximum absolute atomic E-state index is 11.2. The first-order chi connectivity index (χ1) is 9.94. The molecule has 1 aliphatic rings. The number of benzene rings is 1. The zero-order valence-corrected chi connectivity index (χ0v) is 13.4. The molecule has 0 N–H and O–H groups in total. The third-order valence-electron chi connectivity index (χ3n) is 3.13. The lowest BCUT2D eigenvalue weighted by Crippen LogP contribution is -2.26. The molecule has 0 amide bonds. The normalized spacial score (nSPS) is 21.1. The molecule has 0 aromatic heterocycles. The smallest absolute Gasteiger partial charge is 0.264 e. The highest BCUT2D eigenvalue weighted by Crippen LogP contribution is 2.25. The van der Waals surface area contributed by atoms with Gasteiger partial charge in [0.1, 0.15) is 6.10 Å². The van der Waals surface area contributed by atoms with E-state index in [1.165, 1.54) is 0 Å². The minimum atomic E-state index is -3.52. The Morgan fingerprint density at radius 2 is 2.05 bits per heavy atom. The van der Waals surface area contributed by atoms with Crippen molar-refractivity contribution in [2.45, 2.75) is 31.7 Å². The van der Waals surface area contributed by atoms with E-state index in [0.717, 1.165) is 31.1 Å². The minimum absolute atomic E-state index is 0.0830. The molecule has 0 saturated carbocycles. The lowest BCUT2D eigenvalue weighted by atomic mass is 10.1. The fraction of sp³-hybridized carbons (Fsp3) is 0.571. The van der Waals surface area contributed by atoms with Gasteiger partial charge in [-0.3, -0.25) is 4.18 Å². The van der Waals surface area contributed by atoms with Gasteiger partial charge in [0, 0.05) is 11.6 Å². The number of rotatable bonds is 6. The summed E-state index contributed by atoms with van der Waals surface area (Å²) in [5.74, 6) is 0. The summed E-state index contributed by atoms with van der Waals surface area (Å²) in [7, 11) is -3.52. The van der Waals surface area contributed by atoms with Crippen LogP contribution in [0.4, 0.5) is 0 Å². The third kappa shape index (κ3) is 5.92. The quantitative estimate of drug-likeness (QED) is 0.748. The first-order valence-corrected chi connectivity index (χ1v) is 9.00. The van der Waals surface area contributed by atoms with Gasteiger partial charge in [-0.1, -0.05) is 23.7 Å². The first-order valence-electron chi connectivity index (χ1n) is 6.81. The van der Waals surface area contributed by atoms with Crippen LogP contribution in [0.15, 0.2) is 24.3 Å². The van der Waals surface area contributed by atoms with E-state index >= 15 is 0 Å². The molecule has 7 heteroatoms. The van der Waals surface area contributed by atoms with Crippen LogP contribution in [0.1, 0.15) is 30.9 Å². The van der Waals surface area contributed by atoms with E-state index in [-0.39, 0.29) is 12.9 Å². The molecular weight excluding hydrogens is 316 g/mol. The van der Waals surface area contributed by atoms with Crippen LogP contribution in [-0.2, 0) is 23.8 Å². The summed E-state index contributed by atoms with van der Waals surface area (Å²) >= 11 is 5.87. The topological polar surface area (TPSA) is 61.8 Å². The fourth-order valence-electron chi connectivity index (χ4n) is 2.08. The molecule has 0 spiro atoms. The second-order valence-corrected chi connectivity index (χ2v) is 7.04. The van der Waals surface area contributed by atoms with E-state index in [1.54, 1.807) is 24.3 Å². The Hall–Kier alpha value is -0.660. The molecular formula is C14H19ClO5S. The standard InChI is InChI=1S/C14H19ClO5S/c1-21(16,17)19-10-13(11-5-7-12(15)8-6-11)20-14-4-2-3-9-18-14/h5-8,13-14H,2-4,9-10H2,1H3. The van der Waals surface area contributed by atoms with Crippen molar-refractivity contribution in [1.29, 1.82) is 0 Å². The lowest BCUT2D eigenvalue weighted by Gasteiger charge is -2.27. The average molecular weight is 335 g/mol. The van der Waals surface area contributed by atoms with Crippen LogP contribution < -0.4 is 0 Å². The summed E-state index contributed by atoms with van der Waals surface area (Å²) in [6.07, 6.45) is 3.02. The zero-order valence-electron chi connectivity index (χ0n) is 11.8. The Morgan fingerprint density at radius 3 is 2.62 bits per heavy atom. The van der Waals surface area contributed by atoms with Gasteiger partial charge in [-0.05, 0) is 37.0 Å². The van der Waals surface area contributed by atoms with E-state index in [0.29, 0.717) is 11.6 Å². The summed E-state index contributed by atoms with van der Waals surface area (Å²) in [6, 6.07) is 7.05. The van der Waals surface area contributed by atoms with Gasteiger partial charge in [0.2, 0.25) is 0 Å². The molecule has 0 bridgehead atoms. The van der Waals surface area contributed by atoms with Gasteiger partial charge in [-0.2, -0.15) is 8.42 Å².